The predicted molar refractivity (Wildman–Crippen MR) is 160 cm³/mol. The molecule has 0 bridgehead atoms. The Bertz CT molecular complexity index is 1450. The van der Waals surface area contributed by atoms with Crippen LogP contribution in [0.3, 0.4) is 0 Å². The summed E-state index contributed by atoms with van der Waals surface area (Å²) in [6.07, 6.45) is 6.30. The van der Waals surface area contributed by atoms with Crippen LogP contribution in [-0.4, -0.2) is 84.5 Å². The first-order valence-electron chi connectivity index (χ1n) is 14.5. The zero-order valence-electron chi connectivity index (χ0n) is 24.0. The number of fused-ring (bicyclic) bond motifs is 2. The lowest BCUT2D eigenvalue weighted by molar-refractivity contribution is 0.0644. The highest BCUT2D eigenvalue weighted by Gasteiger charge is 2.31. The number of likely N-dealkylation sites (tertiary alicyclic amines) is 2. The van der Waals surface area contributed by atoms with Crippen molar-refractivity contribution in [2.45, 2.75) is 38.6 Å². The number of ether oxygens (including phenoxy) is 1. The molecule has 3 aliphatic rings. The second kappa shape index (κ2) is 11.4. The number of amides is 2. The first kappa shape index (κ1) is 27.0. The Morgan fingerprint density at radius 3 is 2.54 bits per heavy atom. The highest BCUT2D eigenvalue weighted by molar-refractivity contribution is 6.13. The largest absolute Gasteiger partial charge is 0.495 e. The zero-order valence-corrected chi connectivity index (χ0v) is 24.0. The van der Waals surface area contributed by atoms with E-state index < -0.39 is 0 Å². The number of piperidine rings is 1. The molecule has 2 saturated heterocycles. The maximum Gasteiger partial charge on any atom is 0.260 e. The number of benzene rings is 2. The summed E-state index contributed by atoms with van der Waals surface area (Å²) in [6.45, 7) is 6.36. The summed E-state index contributed by atoms with van der Waals surface area (Å²) in [7, 11) is 3.49. The molecule has 41 heavy (non-hydrogen) atoms. The lowest BCUT2D eigenvalue weighted by atomic mass is 10.0. The Balaban J connectivity index is 1.21. The van der Waals surface area contributed by atoms with Crippen molar-refractivity contribution in [3.63, 3.8) is 0 Å². The van der Waals surface area contributed by atoms with Crippen LogP contribution in [0.25, 0.3) is 0 Å². The third-order valence-electron chi connectivity index (χ3n) is 8.52. The van der Waals surface area contributed by atoms with Gasteiger partial charge in [0.05, 0.1) is 30.2 Å². The third kappa shape index (κ3) is 5.08. The van der Waals surface area contributed by atoms with Gasteiger partial charge in [-0.05, 0) is 76.0 Å². The molecule has 10 nitrogen and oxygen atoms in total. The number of hydrogen-bond donors (Lipinski definition) is 1. The number of hydrogen-bond acceptors (Lipinski definition) is 8. The van der Waals surface area contributed by atoms with Crippen LogP contribution in [-0.2, 0) is 0 Å². The van der Waals surface area contributed by atoms with Gasteiger partial charge in [-0.2, -0.15) is 4.98 Å². The van der Waals surface area contributed by atoms with Crippen molar-refractivity contribution in [3.05, 3.63) is 59.8 Å². The van der Waals surface area contributed by atoms with Crippen molar-refractivity contribution >= 4 is 40.6 Å². The Kier molecular flexibility index (Phi) is 7.49. The molecule has 3 aliphatic heterocycles. The quantitative estimate of drug-likeness (QED) is 0.469. The zero-order chi connectivity index (χ0) is 28.5. The highest BCUT2D eigenvalue weighted by atomic mass is 16.5. The molecule has 0 atom stereocenters. The summed E-state index contributed by atoms with van der Waals surface area (Å²) < 4.78 is 5.67. The average molecular weight is 556 g/mol. The molecule has 1 N–H and O–H groups in total. The lowest BCUT2D eigenvalue weighted by Crippen LogP contribution is -2.45. The van der Waals surface area contributed by atoms with Crippen molar-refractivity contribution in [1.29, 1.82) is 0 Å². The summed E-state index contributed by atoms with van der Waals surface area (Å²) in [5.41, 5.74) is 3.29. The van der Waals surface area contributed by atoms with E-state index in [2.05, 4.69) is 15.2 Å². The molecule has 2 fully saturated rings. The van der Waals surface area contributed by atoms with E-state index in [0.29, 0.717) is 52.6 Å². The van der Waals surface area contributed by atoms with Crippen LogP contribution in [0.4, 0.5) is 28.8 Å². The Labute approximate surface area is 240 Å². The standard InChI is InChI=1S/C31H37N7O3/c1-4-38-26-20-32-31(34-28(26)35(2)25-10-6-5-9-23(25)30(38)40)33-24-12-11-21(19-27(24)41-3)29(39)37-17-13-22(14-18-37)36-15-7-8-16-36/h5-6,9-12,19-20,22H,4,7-8,13-18H2,1-3H3,(H,32,33,34). The number of anilines is 5. The summed E-state index contributed by atoms with van der Waals surface area (Å²) >= 11 is 0. The second-order valence-corrected chi connectivity index (χ2v) is 10.8. The minimum Gasteiger partial charge on any atom is -0.495 e. The van der Waals surface area contributed by atoms with Crippen molar-refractivity contribution in [3.8, 4) is 5.75 Å². The smallest absolute Gasteiger partial charge is 0.260 e. The van der Waals surface area contributed by atoms with Crippen LogP contribution in [0, 0.1) is 0 Å². The number of rotatable bonds is 6. The van der Waals surface area contributed by atoms with Gasteiger partial charge in [0.2, 0.25) is 5.95 Å². The molecule has 0 saturated carbocycles. The predicted octanol–water partition coefficient (Wildman–Crippen LogP) is 4.68. The Morgan fingerprint density at radius 1 is 1.05 bits per heavy atom. The van der Waals surface area contributed by atoms with Gasteiger partial charge in [-0.25, -0.2) is 4.98 Å². The summed E-state index contributed by atoms with van der Waals surface area (Å²) in [6, 6.07) is 13.6. The number of aromatic nitrogens is 2. The molecular formula is C31H37N7O3. The molecule has 2 amide bonds. The minimum absolute atomic E-state index is 0.0283. The minimum atomic E-state index is -0.0831. The highest BCUT2D eigenvalue weighted by Crippen LogP contribution is 2.39. The maximum atomic E-state index is 13.4. The Hall–Kier alpha value is -4.18. The fourth-order valence-corrected chi connectivity index (χ4v) is 6.27. The third-order valence-corrected chi connectivity index (χ3v) is 8.52. The molecule has 4 heterocycles. The molecule has 1 aromatic heterocycles. The molecule has 6 rings (SSSR count). The molecule has 3 aromatic rings. The number of nitrogens with zero attached hydrogens (tertiary/aromatic N) is 6. The van der Waals surface area contributed by atoms with Gasteiger partial charge in [-0.15, -0.1) is 0 Å². The van der Waals surface area contributed by atoms with Crippen LogP contribution < -0.4 is 19.9 Å². The fourth-order valence-electron chi connectivity index (χ4n) is 6.27. The first-order chi connectivity index (χ1) is 20.0. The number of carbonyl (C=O) groups excluding carboxylic acids is 2. The van der Waals surface area contributed by atoms with Crippen molar-refractivity contribution in [2.75, 3.05) is 62.0 Å². The van der Waals surface area contributed by atoms with E-state index in [-0.39, 0.29) is 11.8 Å². The summed E-state index contributed by atoms with van der Waals surface area (Å²) in [5, 5.41) is 3.26. The van der Waals surface area contributed by atoms with Crippen molar-refractivity contribution in [2.24, 2.45) is 0 Å². The van der Waals surface area contributed by atoms with Crippen LogP contribution in [0.1, 0.15) is 53.3 Å². The van der Waals surface area contributed by atoms with E-state index >= 15 is 0 Å². The molecule has 10 heteroatoms. The van der Waals surface area contributed by atoms with E-state index in [0.717, 1.165) is 31.6 Å². The molecular weight excluding hydrogens is 518 g/mol. The molecule has 0 aliphatic carbocycles. The fraction of sp³-hybridized carbons (Fsp3) is 0.419. The molecule has 0 spiro atoms. The van der Waals surface area contributed by atoms with Gasteiger partial charge in [0.25, 0.3) is 11.8 Å². The van der Waals surface area contributed by atoms with Gasteiger partial charge in [-0.3, -0.25) is 9.59 Å². The number of nitrogens with one attached hydrogen (secondary N) is 1. The topological polar surface area (TPSA) is 94.1 Å². The van der Waals surface area contributed by atoms with Crippen LogP contribution in [0.15, 0.2) is 48.7 Å². The monoisotopic (exact) mass is 555 g/mol. The van der Waals surface area contributed by atoms with Gasteiger partial charge < -0.3 is 29.7 Å². The molecule has 214 valence electrons. The molecule has 0 unspecified atom stereocenters. The maximum absolute atomic E-state index is 13.4. The molecule has 2 aromatic carbocycles. The number of para-hydroxylation sites is 1. The van der Waals surface area contributed by atoms with Gasteiger partial charge in [0.1, 0.15) is 11.4 Å². The first-order valence-corrected chi connectivity index (χ1v) is 14.5. The van der Waals surface area contributed by atoms with Crippen molar-refractivity contribution < 1.29 is 14.3 Å². The van der Waals surface area contributed by atoms with E-state index in [1.54, 1.807) is 24.3 Å². The van der Waals surface area contributed by atoms with E-state index in [1.807, 2.05) is 60.2 Å². The molecule has 0 radical (unpaired) electrons. The average Bonchev–Trinajstić information content (AvgIpc) is 3.54. The van der Waals surface area contributed by atoms with Crippen molar-refractivity contribution in [1.82, 2.24) is 19.8 Å². The van der Waals surface area contributed by atoms with E-state index in [9.17, 15) is 9.59 Å². The van der Waals surface area contributed by atoms with E-state index in [4.69, 9.17) is 9.72 Å². The van der Waals surface area contributed by atoms with Crippen LogP contribution in [0.2, 0.25) is 0 Å². The summed E-state index contributed by atoms with van der Waals surface area (Å²) in [4.78, 5) is 44.1. The Morgan fingerprint density at radius 2 is 1.80 bits per heavy atom. The van der Waals surface area contributed by atoms with Gasteiger partial charge >= 0.3 is 0 Å². The number of methoxy groups -OCH3 is 1. The lowest BCUT2D eigenvalue weighted by Gasteiger charge is -2.36. The van der Waals surface area contributed by atoms with Gasteiger partial charge in [0, 0.05) is 38.3 Å². The second-order valence-electron chi connectivity index (χ2n) is 10.8. The SMILES string of the molecule is CCN1C(=O)c2ccccc2N(C)c2nc(Nc3ccc(C(=O)N4CCC(N5CCCC5)CC4)cc3OC)ncc21. The van der Waals surface area contributed by atoms with Gasteiger partial charge in [-0.1, -0.05) is 12.1 Å². The van der Waals surface area contributed by atoms with Gasteiger partial charge in [0.15, 0.2) is 5.82 Å². The number of carbonyl (C=O) groups is 2. The normalized spacial score (nSPS) is 17.7. The summed E-state index contributed by atoms with van der Waals surface area (Å²) in [5.74, 6) is 1.46. The van der Waals surface area contributed by atoms with E-state index in [1.165, 1.54) is 25.9 Å². The van der Waals surface area contributed by atoms with Crippen LogP contribution >= 0.6 is 0 Å². The van der Waals surface area contributed by atoms with Crippen LogP contribution in [0.5, 0.6) is 5.75 Å².